The molecule has 0 radical (unpaired) electrons. The van der Waals surface area contributed by atoms with Gasteiger partial charge in [0.25, 0.3) is 0 Å². The van der Waals surface area contributed by atoms with E-state index in [4.69, 9.17) is 15.2 Å². The lowest BCUT2D eigenvalue weighted by Gasteiger charge is -2.25. The highest BCUT2D eigenvalue weighted by atomic mass is 16.5. The molecule has 1 saturated heterocycles. The van der Waals surface area contributed by atoms with Crippen molar-refractivity contribution in [2.24, 2.45) is 11.1 Å². The predicted molar refractivity (Wildman–Crippen MR) is 73.1 cm³/mol. The Balaban J connectivity index is 2.15. The fourth-order valence-electron chi connectivity index (χ4n) is 2.04. The third kappa shape index (κ3) is 2.72. The molecule has 2 atom stereocenters. The maximum absolute atomic E-state index is 12.4. The van der Waals surface area contributed by atoms with E-state index in [1.165, 1.54) is 0 Å². The van der Waals surface area contributed by atoms with E-state index < -0.39 is 5.41 Å². The average Bonchev–Trinajstić information content (AvgIpc) is 2.74. The average molecular weight is 264 g/mol. The van der Waals surface area contributed by atoms with Crippen LogP contribution in [0, 0.1) is 5.41 Å². The Bertz CT molecular complexity index is 464. The number of amides is 1. The zero-order valence-corrected chi connectivity index (χ0v) is 11.3. The number of anilines is 1. The smallest absolute Gasteiger partial charge is 0.234 e. The van der Waals surface area contributed by atoms with Crippen LogP contribution in [0.25, 0.3) is 0 Å². The molecule has 0 spiro atoms. The van der Waals surface area contributed by atoms with Gasteiger partial charge in [-0.1, -0.05) is 12.1 Å². The van der Waals surface area contributed by atoms with Gasteiger partial charge in [-0.2, -0.15) is 0 Å². The Kier molecular flexibility index (Phi) is 4.07. The van der Waals surface area contributed by atoms with E-state index in [1.807, 2.05) is 38.1 Å². The molecule has 1 amide bonds. The van der Waals surface area contributed by atoms with Gasteiger partial charge in [-0.25, -0.2) is 0 Å². The molecule has 1 fully saturated rings. The molecule has 1 aromatic carbocycles. The molecule has 3 N–H and O–H groups in total. The Morgan fingerprint density at radius 3 is 2.95 bits per heavy atom. The van der Waals surface area contributed by atoms with Crippen molar-refractivity contribution in [1.82, 2.24) is 0 Å². The summed E-state index contributed by atoms with van der Waals surface area (Å²) in [6.07, 6.45) is 0. The summed E-state index contributed by atoms with van der Waals surface area (Å²) in [5.74, 6) is 0.527. The van der Waals surface area contributed by atoms with Crippen LogP contribution in [0.2, 0.25) is 0 Å². The number of benzene rings is 1. The second-order valence-electron chi connectivity index (χ2n) is 4.92. The van der Waals surface area contributed by atoms with Crippen molar-refractivity contribution in [1.29, 1.82) is 0 Å². The van der Waals surface area contributed by atoms with Gasteiger partial charge in [0.2, 0.25) is 5.91 Å². The molecule has 1 aromatic rings. The van der Waals surface area contributed by atoms with Crippen LogP contribution in [0.15, 0.2) is 24.3 Å². The van der Waals surface area contributed by atoms with Gasteiger partial charge in [0.05, 0.1) is 30.9 Å². The van der Waals surface area contributed by atoms with Gasteiger partial charge in [0.1, 0.15) is 5.75 Å². The second kappa shape index (κ2) is 5.59. The zero-order chi connectivity index (χ0) is 13.9. The van der Waals surface area contributed by atoms with Crippen LogP contribution >= 0.6 is 0 Å². The molecular weight excluding hydrogens is 244 g/mol. The maximum Gasteiger partial charge on any atom is 0.234 e. The molecule has 0 saturated carbocycles. The zero-order valence-electron chi connectivity index (χ0n) is 11.3. The second-order valence-corrected chi connectivity index (χ2v) is 4.92. The van der Waals surface area contributed by atoms with Gasteiger partial charge in [0, 0.05) is 6.04 Å². The lowest BCUT2D eigenvalue weighted by molar-refractivity contribution is -0.125. The van der Waals surface area contributed by atoms with E-state index in [0.29, 0.717) is 31.3 Å². The van der Waals surface area contributed by atoms with E-state index in [1.54, 1.807) is 0 Å². The van der Waals surface area contributed by atoms with Crippen LogP contribution in [0.5, 0.6) is 5.75 Å². The molecule has 5 nitrogen and oxygen atoms in total. The lowest BCUT2D eigenvalue weighted by atomic mass is 9.85. The molecule has 19 heavy (non-hydrogen) atoms. The fraction of sp³-hybridized carbons (Fsp3) is 0.500. The molecule has 104 valence electrons. The van der Waals surface area contributed by atoms with E-state index in [0.717, 1.165) is 0 Å². The molecule has 2 rings (SSSR count). The summed E-state index contributed by atoms with van der Waals surface area (Å²) in [7, 11) is 0. The predicted octanol–water partition coefficient (Wildman–Crippen LogP) is 1.39. The molecule has 1 heterocycles. The summed E-state index contributed by atoms with van der Waals surface area (Å²) in [5, 5.41) is 2.88. The van der Waals surface area contributed by atoms with Gasteiger partial charge in [0.15, 0.2) is 0 Å². The van der Waals surface area contributed by atoms with Crippen molar-refractivity contribution >= 4 is 11.6 Å². The van der Waals surface area contributed by atoms with Crippen LogP contribution in [-0.4, -0.2) is 31.8 Å². The number of hydrogen-bond acceptors (Lipinski definition) is 4. The molecule has 0 aromatic heterocycles. The molecule has 0 aliphatic carbocycles. The minimum atomic E-state index is -0.695. The van der Waals surface area contributed by atoms with E-state index in [-0.39, 0.29) is 11.9 Å². The van der Waals surface area contributed by atoms with Crippen LogP contribution in [0.1, 0.15) is 13.8 Å². The maximum atomic E-state index is 12.4. The van der Waals surface area contributed by atoms with Gasteiger partial charge in [-0.15, -0.1) is 0 Å². The first-order valence-electron chi connectivity index (χ1n) is 6.44. The van der Waals surface area contributed by atoms with Gasteiger partial charge in [-0.05, 0) is 26.0 Å². The third-order valence-electron chi connectivity index (χ3n) is 3.47. The normalized spacial score (nSPS) is 26.2. The Hall–Kier alpha value is -1.59. The van der Waals surface area contributed by atoms with Crippen molar-refractivity contribution in [3.63, 3.8) is 0 Å². The first-order valence-corrected chi connectivity index (χ1v) is 6.44. The number of nitrogens with one attached hydrogen (secondary N) is 1. The van der Waals surface area contributed by atoms with Crippen LogP contribution in [0.3, 0.4) is 0 Å². The van der Waals surface area contributed by atoms with E-state index in [2.05, 4.69) is 5.32 Å². The molecule has 1 aliphatic rings. The number of nitrogens with two attached hydrogens (primary N) is 1. The number of rotatable bonds is 4. The summed E-state index contributed by atoms with van der Waals surface area (Å²) in [6, 6.07) is 7.07. The number of hydrogen-bond donors (Lipinski definition) is 2. The van der Waals surface area contributed by atoms with Crippen LogP contribution in [0.4, 0.5) is 5.69 Å². The first kappa shape index (κ1) is 13.8. The van der Waals surface area contributed by atoms with Gasteiger partial charge in [-0.3, -0.25) is 4.79 Å². The molecule has 1 aliphatic heterocycles. The summed E-state index contributed by atoms with van der Waals surface area (Å²) >= 11 is 0. The number of para-hydroxylation sites is 2. The monoisotopic (exact) mass is 264 g/mol. The molecule has 2 unspecified atom stereocenters. The summed E-state index contributed by atoms with van der Waals surface area (Å²) in [4.78, 5) is 12.4. The topological polar surface area (TPSA) is 73.6 Å². The Morgan fingerprint density at radius 1 is 1.58 bits per heavy atom. The lowest BCUT2D eigenvalue weighted by Crippen LogP contribution is -2.47. The van der Waals surface area contributed by atoms with E-state index >= 15 is 0 Å². The minimum Gasteiger partial charge on any atom is -0.492 e. The van der Waals surface area contributed by atoms with Crippen LogP contribution < -0.4 is 15.8 Å². The van der Waals surface area contributed by atoms with Crippen molar-refractivity contribution < 1.29 is 14.3 Å². The highest BCUT2D eigenvalue weighted by molar-refractivity contribution is 5.97. The van der Waals surface area contributed by atoms with Crippen molar-refractivity contribution in [2.75, 3.05) is 25.1 Å². The van der Waals surface area contributed by atoms with Crippen molar-refractivity contribution in [3.8, 4) is 5.75 Å². The number of carbonyl (C=O) groups excluding carboxylic acids is 1. The highest BCUT2D eigenvalue weighted by Crippen LogP contribution is 2.31. The highest BCUT2D eigenvalue weighted by Gasteiger charge is 2.44. The fourth-order valence-corrected chi connectivity index (χ4v) is 2.04. The number of ether oxygens (including phenoxy) is 2. The van der Waals surface area contributed by atoms with E-state index in [9.17, 15) is 4.79 Å². The minimum absolute atomic E-state index is 0.135. The summed E-state index contributed by atoms with van der Waals surface area (Å²) in [6.45, 7) is 5.03. The number of carbonyl (C=O) groups is 1. The molecule has 5 heteroatoms. The largest absolute Gasteiger partial charge is 0.492 e. The molecule has 0 bridgehead atoms. The Morgan fingerprint density at radius 2 is 2.32 bits per heavy atom. The quantitative estimate of drug-likeness (QED) is 0.862. The Labute approximate surface area is 113 Å². The standard InChI is InChI=1S/C14H20N2O3/c1-3-19-11-7-5-4-6-10(11)16-13(17)14(2)9-18-8-12(14)15/h4-7,12H,3,8-9,15H2,1-2H3,(H,16,17). The van der Waals surface area contributed by atoms with Gasteiger partial charge >= 0.3 is 0 Å². The SMILES string of the molecule is CCOc1ccccc1NC(=O)C1(C)COCC1N. The summed E-state index contributed by atoms with van der Waals surface area (Å²) in [5.41, 5.74) is 5.91. The van der Waals surface area contributed by atoms with Gasteiger partial charge < -0.3 is 20.5 Å². The molecular formula is C14H20N2O3. The van der Waals surface area contributed by atoms with Crippen molar-refractivity contribution in [2.45, 2.75) is 19.9 Å². The third-order valence-corrected chi connectivity index (χ3v) is 3.47. The van der Waals surface area contributed by atoms with Crippen LogP contribution in [-0.2, 0) is 9.53 Å². The summed E-state index contributed by atoms with van der Waals surface area (Å²) < 4.78 is 10.8. The first-order chi connectivity index (χ1) is 9.08. The van der Waals surface area contributed by atoms with Crippen molar-refractivity contribution in [3.05, 3.63) is 24.3 Å².